The quantitative estimate of drug-likeness (QED) is 0.320. The van der Waals surface area contributed by atoms with E-state index in [1.54, 1.807) is 12.1 Å². The van der Waals surface area contributed by atoms with Crippen LogP contribution in [0.15, 0.2) is 36.4 Å². The van der Waals surface area contributed by atoms with Crippen LogP contribution in [0.2, 0.25) is 6.04 Å². The van der Waals surface area contributed by atoms with Crippen molar-refractivity contribution in [1.82, 2.24) is 15.0 Å². The molecule has 0 amide bonds. The molecule has 0 fully saturated rings. The molecule has 0 saturated heterocycles. The number of aromatic nitrogens is 3. The Bertz CT molecular complexity index is 923. The van der Waals surface area contributed by atoms with Gasteiger partial charge in [-0.15, -0.1) is 15.0 Å². The predicted molar refractivity (Wildman–Crippen MR) is 118 cm³/mol. The van der Waals surface area contributed by atoms with Crippen molar-refractivity contribution in [1.29, 1.82) is 0 Å². The van der Waals surface area contributed by atoms with Gasteiger partial charge < -0.3 is 28.2 Å². The van der Waals surface area contributed by atoms with E-state index in [1.165, 1.54) is 16.9 Å². The third kappa shape index (κ3) is 5.53. The van der Waals surface area contributed by atoms with Crippen molar-refractivity contribution in [2.24, 2.45) is 0 Å². The summed E-state index contributed by atoms with van der Waals surface area (Å²) < 4.78 is 23.2. The van der Waals surface area contributed by atoms with Crippen molar-refractivity contribution in [2.75, 3.05) is 26.4 Å². The number of fused-ring (bicyclic) bond motifs is 1. The van der Waals surface area contributed by atoms with Crippen LogP contribution in [0, 0.1) is 0 Å². The number of ether oxygens (including phenoxy) is 1. The van der Waals surface area contributed by atoms with Crippen LogP contribution in [0.5, 0.6) is 17.2 Å². The zero-order valence-electron chi connectivity index (χ0n) is 18.1. The van der Waals surface area contributed by atoms with Gasteiger partial charge in [-0.05, 0) is 39.3 Å². The summed E-state index contributed by atoms with van der Waals surface area (Å²) in [4.78, 5) is 1.21. The van der Waals surface area contributed by atoms with Crippen LogP contribution in [0.1, 0.15) is 27.2 Å². The fourth-order valence-electron chi connectivity index (χ4n) is 3.31. The lowest BCUT2D eigenvalue weighted by Gasteiger charge is -2.28. The molecule has 0 bridgehead atoms. The van der Waals surface area contributed by atoms with E-state index in [9.17, 15) is 10.2 Å². The molecule has 0 unspecified atom stereocenters. The summed E-state index contributed by atoms with van der Waals surface area (Å²) >= 11 is 0. The predicted octanol–water partition coefficient (Wildman–Crippen LogP) is 3.65. The first-order valence-electron chi connectivity index (χ1n) is 10.4. The van der Waals surface area contributed by atoms with E-state index in [0.717, 1.165) is 0 Å². The van der Waals surface area contributed by atoms with Crippen molar-refractivity contribution in [3.05, 3.63) is 36.4 Å². The number of hydrogen-bond donors (Lipinski definition) is 2. The standard InChI is InChI=1S/C21H29N3O6Si/c1-4-28-31(29-5-2,30-6-3)13-9-12-27-16-14-19(25)21(20(26)15-16)24-22-17-10-7-8-11-18(17)23-24/h7-8,10-11,14-15,25-26H,4-6,9,12-13H2,1-3H3. The zero-order valence-corrected chi connectivity index (χ0v) is 19.1. The molecule has 0 aliphatic rings. The fraction of sp³-hybridized carbons (Fsp3) is 0.429. The summed E-state index contributed by atoms with van der Waals surface area (Å²) in [6.45, 7) is 7.67. The minimum atomic E-state index is -2.72. The summed E-state index contributed by atoms with van der Waals surface area (Å²) in [5.74, 6) is -0.0269. The molecule has 3 aromatic rings. The lowest BCUT2D eigenvalue weighted by Crippen LogP contribution is -2.46. The molecule has 9 nitrogen and oxygen atoms in total. The van der Waals surface area contributed by atoms with E-state index >= 15 is 0 Å². The smallest absolute Gasteiger partial charge is 0.501 e. The van der Waals surface area contributed by atoms with Gasteiger partial charge in [-0.1, -0.05) is 12.1 Å². The maximum absolute atomic E-state index is 10.5. The lowest BCUT2D eigenvalue weighted by molar-refractivity contribution is 0.0696. The Morgan fingerprint density at radius 1 is 0.871 bits per heavy atom. The topological polar surface area (TPSA) is 108 Å². The van der Waals surface area contributed by atoms with Crippen molar-refractivity contribution in [3.63, 3.8) is 0 Å². The number of nitrogens with zero attached hydrogens (tertiary/aromatic N) is 3. The summed E-state index contributed by atoms with van der Waals surface area (Å²) in [6.07, 6.45) is 0.640. The van der Waals surface area contributed by atoms with E-state index in [2.05, 4.69) is 10.2 Å². The number of hydrogen-bond acceptors (Lipinski definition) is 8. The highest BCUT2D eigenvalue weighted by Crippen LogP contribution is 2.35. The van der Waals surface area contributed by atoms with E-state index in [0.29, 0.717) is 55.7 Å². The Hall–Kier alpha value is -2.66. The maximum atomic E-state index is 10.5. The van der Waals surface area contributed by atoms with Gasteiger partial charge in [-0.2, -0.15) is 0 Å². The van der Waals surface area contributed by atoms with Crippen LogP contribution in [-0.2, 0) is 13.3 Å². The molecule has 0 aliphatic heterocycles. The van der Waals surface area contributed by atoms with Crippen LogP contribution in [-0.4, -0.2) is 60.4 Å². The highest BCUT2D eigenvalue weighted by Gasteiger charge is 2.39. The SMILES string of the molecule is CCO[Si](CCCOc1cc(O)c(-n2nc3ccccc3n2)c(O)c1)(OCC)OCC. The lowest BCUT2D eigenvalue weighted by atomic mass is 10.2. The summed E-state index contributed by atoms with van der Waals surface area (Å²) in [7, 11) is -2.72. The second-order valence-corrected chi connectivity index (χ2v) is 9.45. The molecular weight excluding hydrogens is 418 g/mol. The monoisotopic (exact) mass is 447 g/mol. The van der Waals surface area contributed by atoms with Crippen LogP contribution >= 0.6 is 0 Å². The van der Waals surface area contributed by atoms with Gasteiger partial charge in [-0.25, -0.2) is 0 Å². The van der Waals surface area contributed by atoms with Gasteiger partial charge in [-0.3, -0.25) is 0 Å². The van der Waals surface area contributed by atoms with Crippen LogP contribution in [0.25, 0.3) is 16.7 Å². The van der Waals surface area contributed by atoms with Gasteiger partial charge in [0.2, 0.25) is 0 Å². The molecule has 168 valence electrons. The number of phenolic OH excluding ortho intramolecular Hbond substituents is 2. The van der Waals surface area contributed by atoms with Crippen LogP contribution in [0.4, 0.5) is 0 Å². The van der Waals surface area contributed by atoms with Crippen LogP contribution < -0.4 is 4.74 Å². The average molecular weight is 448 g/mol. The summed E-state index contributed by atoms with van der Waals surface area (Å²) in [6, 6.07) is 10.8. The molecule has 0 saturated carbocycles. The van der Waals surface area contributed by atoms with Gasteiger partial charge in [0.25, 0.3) is 0 Å². The molecular formula is C21H29N3O6Si. The molecule has 1 aromatic heterocycles. The third-order valence-electron chi connectivity index (χ3n) is 4.52. The highest BCUT2D eigenvalue weighted by molar-refractivity contribution is 6.60. The van der Waals surface area contributed by atoms with Gasteiger partial charge in [0.15, 0.2) is 17.2 Å². The van der Waals surface area contributed by atoms with Gasteiger partial charge in [0, 0.05) is 38.0 Å². The molecule has 31 heavy (non-hydrogen) atoms. The molecule has 0 aliphatic carbocycles. The minimum absolute atomic E-state index is 0.0963. The normalized spacial score (nSPS) is 11.8. The molecule has 0 radical (unpaired) electrons. The number of benzene rings is 2. The van der Waals surface area contributed by atoms with Gasteiger partial charge in [0.1, 0.15) is 16.8 Å². The first-order chi connectivity index (χ1) is 15.0. The van der Waals surface area contributed by atoms with E-state index in [4.69, 9.17) is 18.0 Å². The molecule has 3 rings (SSSR count). The van der Waals surface area contributed by atoms with E-state index < -0.39 is 8.80 Å². The maximum Gasteiger partial charge on any atom is 0.501 e. The second kappa shape index (κ2) is 10.6. The number of phenols is 2. The van der Waals surface area contributed by atoms with Crippen molar-refractivity contribution in [3.8, 4) is 22.9 Å². The molecule has 2 N–H and O–H groups in total. The Balaban J connectivity index is 1.66. The molecule has 2 aromatic carbocycles. The van der Waals surface area contributed by atoms with Gasteiger partial charge in [0.05, 0.1) is 6.61 Å². The average Bonchev–Trinajstić information content (AvgIpc) is 3.15. The molecule has 0 atom stereocenters. The van der Waals surface area contributed by atoms with Crippen molar-refractivity contribution < 1.29 is 28.2 Å². The summed E-state index contributed by atoms with van der Waals surface area (Å²) in [5, 5.41) is 29.5. The highest BCUT2D eigenvalue weighted by atomic mass is 28.4. The van der Waals surface area contributed by atoms with E-state index in [-0.39, 0.29) is 17.2 Å². The third-order valence-corrected chi connectivity index (χ3v) is 7.67. The van der Waals surface area contributed by atoms with Gasteiger partial charge >= 0.3 is 8.80 Å². The Kier molecular flexibility index (Phi) is 7.85. The first kappa shape index (κ1) is 23.0. The Morgan fingerprint density at radius 2 is 1.39 bits per heavy atom. The minimum Gasteiger partial charge on any atom is -0.505 e. The number of rotatable bonds is 12. The largest absolute Gasteiger partial charge is 0.505 e. The fourth-order valence-corrected chi connectivity index (χ4v) is 5.89. The molecule has 0 spiro atoms. The van der Waals surface area contributed by atoms with Crippen molar-refractivity contribution in [2.45, 2.75) is 33.2 Å². The summed E-state index contributed by atoms with van der Waals surface area (Å²) in [5.41, 5.74) is 1.42. The van der Waals surface area contributed by atoms with Crippen molar-refractivity contribution >= 4 is 19.8 Å². The second-order valence-electron chi connectivity index (χ2n) is 6.72. The number of aromatic hydroxyl groups is 2. The Morgan fingerprint density at radius 3 is 1.87 bits per heavy atom. The zero-order chi connectivity index (χ0) is 22.3. The molecule has 1 heterocycles. The Labute approximate surface area is 182 Å². The van der Waals surface area contributed by atoms with E-state index in [1.807, 2.05) is 32.9 Å². The van der Waals surface area contributed by atoms with Crippen LogP contribution in [0.3, 0.4) is 0 Å². The first-order valence-corrected chi connectivity index (χ1v) is 12.4. The molecule has 10 heteroatoms.